The number of nitrogens with zero attached hydrogens (tertiary/aromatic N) is 4. The number of nitrogens with one attached hydrogen (secondary N) is 1. The van der Waals surface area contributed by atoms with Gasteiger partial charge in [0.25, 0.3) is 0 Å². The van der Waals surface area contributed by atoms with Crippen molar-refractivity contribution < 1.29 is 4.79 Å². The summed E-state index contributed by atoms with van der Waals surface area (Å²) >= 11 is 0. The number of hydrogen-bond donors (Lipinski definition) is 1. The van der Waals surface area contributed by atoms with E-state index in [2.05, 4.69) is 24.1 Å². The number of piperidine rings is 1. The van der Waals surface area contributed by atoms with Crippen LogP contribution in [0.2, 0.25) is 0 Å². The Morgan fingerprint density at radius 2 is 1.78 bits per heavy atom. The van der Waals surface area contributed by atoms with Crippen LogP contribution in [0.5, 0.6) is 0 Å². The molecule has 0 unspecified atom stereocenters. The van der Waals surface area contributed by atoms with Gasteiger partial charge in [0, 0.05) is 33.2 Å². The number of guanidine groups is 1. The van der Waals surface area contributed by atoms with Crippen molar-refractivity contribution in [1.82, 2.24) is 20.0 Å². The molecule has 1 rings (SSSR count). The van der Waals surface area contributed by atoms with Crippen LogP contribution in [0.15, 0.2) is 4.99 Å². The Balaban J connectivity index is 0.00000676. The minimum Gasteiger partial charge on any atom is -0.357 e. The molecule has 1 heterocycles. The highest BCUT2D eigenvalue weighted by molar-refractivity contribution is 14.0. The minimum atomic E-state index is 0. The van der Waals surface area contributed by atoms with E-state index in [1.165, 1.54) is 38.9 Å². The van der Waals surface area contributed by atoms with E-state index in [4.69, 9.17) is 4.99 Å². The number of carbonyl (C=O) groups is 1. The Kier molecular flexibility index (Phi) is 15.0. The monoisotopic (exact) mass is 495 g/mol. The predicted molar refractivity (Wildman–Crippen MR) is 126 cm³/mol. The first kappa shape index (κ1) is 26.4. The van der Waals surface area contributed by atoms with Gasteiger partial charge in [0.2, 0.25) is 5.91 Å². The van der Waals surface area contributed by atoms with Crippen molar-refractivity contribution >= 4 is 35.8 Å². The third-order valence-corrected chi connectivity index (χ3v) is 5.21. The smallest absolute Gasteiger partial charge is 0.242 e. The first-order valence-corrected chi connectivity index (χ1v) is 10.5. The van der Waals surface area contributed by atoms with Gasteiger partial charge >= 0.3 is 0 Å². The number of aliphatic imine (C=N–C) groups is 1. The molecule has 7 heteroatoms. The second-order valence-corrected chi connectivity index (χ2v) is 7.39. The van der Waals surface area contributed by atoms with Crippen molar-refractivity contribution in [3.8, 4) is 0 Å². The maximum Gasteiger partial charge on any atom is 0.242 e. The van der Waals surface area contributed by atoms with E-state index < -0.39 is 0 Å². The summed E-state index contributed by atoms with van der Waals surface area (Å²) < 4.78 is 0. The number of unbranched alkanes of at least 4 members (excludes halogenated alkanes) is 1. The summed E-state index contributed by atoms with van der Waals surface area (Å²) in [5.74, 6) is 1.88. The van der Waals surface area contributed by atoms with E-state index in [0.29, 0.717) is 6.54 Å². The van der Waals surface area contributed by atoms with Crippen LogP contribution in [0.4, 0.5) is 0 Å². The predicted octanol–water partition coefficient (Wildman–Crippen LogP) is 2.88. The first-order valence-electron chi connectivity index (χ1n) is 10.5. The van der Waals surface area contributed by atoms with Crippen molar-refractivity contribution in [1.29, 1.82) is 0 Å². The summed E-state index contributed by atoms with van der Waals surface area (Å²) in [5, 5.41) is 3.30. The molecule has 1 fully saturated rings. The molecule has 0 spiro atoms. The lowest BCUT2D eigenvalue weighted by molar-refractivity contribution is -0.131. The Labute approximate surface area is 184 Å². The van der Waals surface area contributed by atoms with E-state index in [9.17, 15) is 4.79 Å². The molecule has 0 atom stereocenters. The van der Waals surface area contributed by atoms with Crippen molar-refractivity contribution in [3.05, 3.63) is 0 Å². The van der Waals surface area contributed by atoms with Crippen LogP contribution in [0.25, 0.3) is 0 Å². The number of likely N-dealkylation sites (N-methyl/N-ethyl adjacent to an activating group) is 2. The van der Waals surface area contributed by atoms with Gasteiger partial charge in [-0.25, -0.2) is 0 Å². The molecule has 1 aliphatic rings. The van der Waals surface area contributed by atoms with Gasteiger partial charge < -0.3 is 20.0 Å². The first-order chi connectivity index (χ1) is 12.5. The standard InChI is InChI=1S/C20H41N5O.HI/c1-6-21-20(23(5)17-19(26)25(7-2)8-3)22-13-9-10-14-24-15-11-18(4)12-16-24;/h18H,6-17H2,1-5H3,(H,21,22);1H. The molecule has 1 N–H and O–H groups in total. The largest absolute Gasteiger partial charge is 0.357 e. The fourth-order valence-electron chi connectivity index (χ4n) is 3.34. The zero-order chi connectivity index (χ0) is 19.4. The molecule has 1 saturated heterocycles. The maximum absolute atomic E-state index is 12.3. The normalized spacial score (nSPS) is 16.0. The second-order valence-electron chi connectivity index (χ2n) is 7.39. The van der Waals surface area contributed by atoms with Gasteiger partial charge in [-0.05, 0) is 72.0 Å². The number of amides is 1. The summed E-state index contributed by atoms with van der Waals surface area (Å²) in [7, 11) is 1.94. The average Bonchev–Trinajstić information content (AvgIpc) is 2.63. The van der Waals surface area contributed by atoms with Crippen LogP contribution in [-0.2, 0) is 4.79 Å². The van der Waals surface area contributed by atoms with Gasteiger partial charge in [0.1, 0.15) is 0 Å². The molecular formula is C20H42IN5O. The van der Waals surface area contributed by atoms with Gasteiger partial charge in [-0.1, -0.05) is 6.92 Å². The number of likely N-dealkylation sites (tertiary alicyclic amines) is 1. The fourth-order valence-corrected chi connectivity index (χ4v) is 3.34. The molecule has 0 radical (unpaired) electrons. The maximum atomic E-state index is 12.3. The Morgan fingerprint density at radius 3 is 2.33 bits per heavy atom. The lowest BCUT2D eigenvalue weighted by Gasteiger charge is -2.30. The second kappa shape index (κ2) is 15.4. The lowest BCUT2D eigenvalue weighted by Crippen LogP contribution is -2.45. The van der Waals surface area contributed by atoms with E-state index in [1.54, 1.807) is 0 Å². The molecule has 27 heavy (non-hydrogen) atoms. The highest BCUT2D eigenvalue weighted by Gasteiger charge is 2.16. The van der Waals surface area contributed by atoms with Gasteiger partial charge in [-0.2, -0.15) is 0 Å². The number of hydrogen-bond acceptors (Lipinski definition) is 3. The average molecular weight is 495 g/mol. The van der Waals surface area contributed by atoms with E-state index >= 15 is 0 Å². The van der Waals surface area contributed by atoms with Crippen LogP contribution < -0.4 is 5.32 Å². The molecule has 0 aromatic carbocycles. The number of halogens is 1. The zero-order valence-electron chi connectivity index (χ0n) is 18.2. The van der Waals surface area contributed by atoms with E-state index in [0.717, 1.165) is 44.5 Å². The Bertz CT molecular complexity index is 421. The fraction of sp³-hybridized carbons (Fsp3) is 0.900. The zero-order valence-corrected chi connectivity index (χ0v) is 20.5. The number of rotatable bonds is 10. The third-order valence-electron chi connectivity index (χ3n) is 5.21. The topological polar surface area (TPSA) is 51.2 Å². The summed E-state index contributed by atoms with van der Waals surface area (Å²) in [6.45, 7) is 15.7. The van der Waals surface area contributed by atoms with Gasteiger partial charge in [0.15, 0.2) is 5.96 Å². The van der Waals surface area contributed by atoms with Crippen LogP contribution >= 0.6 is 24.0 Å². The molecule has 0 saturated carbocycles. The number of carbonyl (C=O) groups excluding carboxylic acids is 1. The summed E-state index contributed by atoms with van der Waals surface area (Å²) in [6.07, 6.45) is 4.97. The quantitative estimate of drug-likeness (QED) is 0.219. The lowest BCUT2D eigenvalue weighted by atomic mass is 9.99. The molecule has 1 amide bonds. The SMILES string of the molecule is CCNC(=NCCCCN1CCC(C)CC1)N(C)CC(=O)N(CC)CC.I. The van der Waals surface area contributed by atoms with Gasteiger partial charge in [-0.15, -0.1) is 24.0 Å². The molecule has 0 aromatic heterocycles. The summed E-state index contributed by atoms with van der Waals surface area (Å²) in [5.41, 5.74) is 0. The molecule has 1 aliphatic heterocycles. The van der Waals surface area contributed by atoms with Crippen molar-refractivity contribution in [3.63, 3.8) is 0 Å². The van der Waals surface area contributed by atoms with E-state index in [-0.39, 0.29) is 29.9 Å². The highest BCUT2D eigenvalue weighted by atomic mass is 127. The van der Waals surface area contributed by atoms with Crippen LogP contribution in [0.3, 0.4) is 0 Å². The molecule has 0 aliphatic carbocycles. The van der Waals surface area contributed by atoms with Crippen LogP contribution in [0, 0.1) is 5.92 Å². The molecule has 0 bridgehead atoms. The molecule has 6 nitrogen and oxygen atoms in total. The van der Waals surface area contributed by atoms with Gasteiger partial charge in [0.05, 0.1) is 6.54 Å². The summed E-state index contributed by atoms with van der Waals surface area (Å²) in [4.78, 5) is 23.4. The third kappa shape index (κ3) is 10.5. The van der Waals surface area contributed by atoms with E-state index in [1.807, 2.05) is 30.7 Å². The minimum absolute atomic E-state index is 0. The molecule has 0 aromatic rings. The Morgan fingerprint density at radius 1 is 1.15 bits per heavy atom. The van der Waals surface area contributed by atoms with Crippen LogP contribution in [0.1, 0.15) is 53.4 Å². The van der Waals surface area contributed by atoms with Crippen molar-refractivity contribution in [2.45, 2.75) is 53.4 Å². The summed E-state index contributed by atoms with van der Waals surface area (Å²) in [6, 6.07) is 0. The van der Waals surface area contributed by atoms with Crippen molar-refractivity contribution in [2.75, 3.05) is 59.4 Å². The molecular weight excluding hydrogens is 453 g/mol. The molecule has 160 valence electrons. The van der Waals surface area contributed by atoms with Gasteiger partial charge in [-0.3, -0.25) is 9.79 Å². The van der Waals surface area contributed by atoms with Crippen LogP contribution in [-0.4, -0.2) is 86.0 Å². The van der Waals surface area contributed by atoms with Crippen molar-refractivity contribution in [2.24, 2.45) is 10.9 Å². The highest BCUT2D eigenvalue weighted by Crippen LogP contribution is 2.16. The Hall–Kier alpha value is -0.570.